The summed E-state index contributed by atoms with van der Waals surface area (Å²) in [4.78, 5) is 49.5. The third-order valence-electron chi connectivity index (χ3n) is 8.42. The van der Waals surface area contributed by atoms with E-state index in [4.69, 9.17) is 9.47 Å². The van der Waals surface area contributed by atoms with Crippen molar-refractivity contribution in [2.24, 2.45) is 5.92 Å². The van der Waals surface area contributed by atoms with Crippen LogP contribution in [0.4, 0.5) is 0 Å². The quantitative estimate of drug-likeness (QED) is 0.139. The van der Waals surface area contributed by atoms with Gasteiger partial charge in [0.05, 0.1) is 29.5 Å². The molecule has 3 aromatic carbocycles. The molecule has 5 aromatic rings. The molecule has 2 aromatic heterocycles. The molecule has 1 aliphatic rings. The first-order valence-corrected chi connectivity index (χ1v) is 16.2. The first kappa shape index (κ1) is 31.4. The van der Waals surface area contributed by atoms with Gasteiger partial charge in [0.2, 0.25) is 11.7 Å². The lowest BCUT2D eigenvalue weighted by Gasteiger charge is -2.26. The predicted octanol–water partition coefficient (Wildman–Crippen LogP) is 4.51. The summed E-state index contributed by atoms with van der Waals surface area (Å²) >= 11 is 1.31. The zero-order valence-corrected chi connectivity index (χ0v) is 26.6. The summed E-state index contributed by atoms with van der Waals surface area (Å²) < 4.78 is 12.3. The average Bonchev–Trinajstić information content (AvgIpc) is 3.83. The Kier molecular flexibility index (Phi) is 9.72. The topological polar surface area (TPSA) is 134 Å². The van der Waals surface area contributed by atoms with E-state index in [1.807, 2.05) is 79.8 Å². The van der Waals surface area contributed by atoms with Crippen LogP contribution in [0.25, 0.3) is 21.1 Å². The second-order valence-corrected chi connectivity index (χ2v) is 12.5. The van der Waals surface area contributed by atoms with Crippen LogP contribution in [-0.2, 0) is 16.0 Å². The van der Waals surface area contributed by atoms with Gasteiger partial charge < -0.3 is 30.4 Å². The molecule has 10 nitrogen and oxygen atoms in total. The van der Waals surface area contributed by atoms with Crippen LogP contribution in [0.1, 0.15) is 38.7 Å². The highest BCUT2D eigenvalue weighted by molar-refractivity contribution is 7.20. The van der Waals surface area contributed by atoms with Crippen molar-refractivity contribution in [1.82, 2.24) is 25.9 Å². The number of rotatable bonds is 13. The van der Waals surface area contributed by atoms with E-state index in [0.29, 0.717) is 36.0 Å². The van der Waals surface area contributed by atoms with Gasteiger partial charge in [-0.2, -0.15) is 0 Å². The Hall–Kier alpha value is -4.58. The largest absolute Gasteiger partial charge is 0.496 e. The van der Waals surface area contributed by atoms with E-state index in [2.05, 4.69) is 25.9 Å². The van der Waals surface area contributed by atoms with Gasteiger partial charge in [-0.3, -0.25) is 14.4 Å². The SMILES string of the molecule is CNCC1OCCC1C[C@H](NC(=O)[C@H](Cc1ccccc1)NC(=O)c1cc2c(OC)cccc2[nH]1)C(=O)c1nc2ccccc2s1. The zero-order chi connectivity index (χ0) is 32.0. The number of para-hydroxylation sites is 1. The number of fused-ring (bicyclic) bond motifs is 2. The second-order valence-electron chi connectivity index (χ2n) is 11.5. The predicted molar refractivity (Wildman–Crippen MR) is 179 cm³/mol. The molecule has 0 bridgehead atoms. The number of ketones is 1. The molecule has 1 fully saturated rings. The van der Waals surface area contributed by atoms with Crippen LogP contribution in [0.5, 0.6) is 5.75 Å². The Labute approximate surface area is 270 Å². The number of methoxy groups -OCH3 is 1. The molecule has 0 saturated carbocycles. The van der Waals surface area contributed by atoms with Gasteiger partial charge in [0, 0.05) is 30.5 Å². The first-order valence-electron chi connectivity index (χ1n) is 15.4. The summed E-state index contributed by atoms with van der Waals surface area (Å²) in [6, 6.07) is 22.5. The van der Waals surface area contributed by atoms with Gasteiger partial charge in [-0.05, 0) is 61.7 Å². The number of aromatic amines is 1. The lowest BCUT2D eigenvalue weighted by atomic mass is 9.91. The maximum absolute atomic E-state index is 14.1. The highest BCUT2D eigenvalue weighted by Gasteiger charge is 2.36. The summed E-state index contributed by atoms with van der Waals surface area (Å²) in [6.07, 6.45) is 1.32. The van der Waals surface area contributed by atoms with Crippen molar-refractivity contribution in [1.29, 1.82) is 0 Å². The van der Waals surface area contributed by atoms with Crippen LogP contribution < -0.4 is 20.7 Å². The van der Waals surface area contributed by atoms with E-state index < -0.39 is 23.9 Å². The molecule has 0 spiro atoms. The third-order valence-corrected chi connectivity index (χ3v) is 9.47. The molecule has 3 heterocycles. The fraction of sp³-hybridized carbons (Fsp3) is 0.314. The highest BCUT2D eigenvalue weighted by atomic mass is 32.1. The smallest absolute Gasteiger partial charge is 0.268 e. The van der Waals surface area contributed by atoms with E-state index in [0.717, 1.165) is 33.1 Å². The number of ether oxygens (including phenoxy) is 2. The van der Waals surface area contributed by atoms with Crippen LogP contribution in [-0.4, -0.2) is 73.1 Å². The second kappa shape index (κ2) is 14.2. The molecule has 2 amide bonds. The highest BCUT2D eigenvalue weighted by Crippen LogP contribution is 2.29. The summed E-state index contributed by atoms with van der Waals surface area (Å²) in [7, 11) is 3.44. The van der Waals surface area contributed by atoms with Gasteiger partial charge in [0.25, 0.3) is 5.91 Å². The monoisotopic (exact) mass is 639 g/mol. The van der Waals surface area contributed by atoms with Crippen molar-refractivity contribution in [3.63, 3.8) is 0 Å². The van der Waals surface area contributed by atoms with Gasteiger partial charge in [-0.25, -0.2) is 4.98 Å². The fourth-order valence-corrected chi connectivity index (χ4v) is 7.01. The molecule has 2 unspecified atom stereocenters. The van der Waals surface area contributed by atoms with Crippen LogP contribution in [0, 0.1) is 5.92 Å². The summed E-state index contributed by atoms with van der Waals surface area (Å²) in [5.74, 6) is -0.456. The average molecular weight is 640 g/mol. The lowest BCUT2D eigenvalue weighted by molar-refractivity contribution is -0.123. The number of hydrogen-bond donors (Lipinski definition) is 4. The minimum absolute atomic E-state index is 0.0552. The van der Waals surface area contributed by atoms with Gasteiger partial charge in [-0.15, -0.1) is 11.3 Å². The standard InChI is InChI=1S/C35H37N5O5S/c1-36-20-30-22(15-16-45-30)18-26(32(41)35-40-25-11-6-7-14-31(25)46-35)38-33(42)27(17-21-9-4-3-5-10-21)39-34(43)28-19-23-24(37-28)12-8-13-29(23)44-2/h3-14,19,22,26-27,30,36-37H,15-18,20H2,1-2H3,(H,38,42)(H,39,43)/t22?,26-,27-,30?/m0/s1. The maximum Gasteiger partial charge on any atom is 0.268 e. The molecule has 4 atom stereocenters. The molecule has 4 N–H and O–H groups in total. The van der Waals surface area contributed by atoms with Crippen molar-refractivity contribution >= 4 is 50.1 Å². The molecule has 0 radical (unpaired) electrons. The van der Waals surface area contributed by atoms with Crippen molar-refractivity contribution < 1.29 is 23.9 Å². The molecule has 0 aliphatic carbocycles. The minimum Gasteiger partial charge on any atom is -0.496 e. The number of amides is 2. The molecule has 6 rings (SSSR count). The number of hydrogen-bond acceptors (Lipinski definition) is 8. The normalized spacial score (nSPS) is 17.5. The zero-order valence-electron chi connectivity index (χ0n) is 25.7. The van der Waals surface area contributed by atoms with E-state index in [9.17, 15) is 14.4 Å². The van der Waals surface area contributed by atoms with Gasteiger partial charge >= 0.3 is 0 Å². The van der Waals surface area contributed by atoms with Crippen LogP contribution in [0.15, 0.2) is 78.9 Å². The Morgan fingerprint density at radius 1 is 1.02 bits per heavy atom. The molecule has 11 heteroatoms. The number of likely N-dealkylation sites (N-methyl/N-ethyl adjacent to an activating group) is 1. The Morgan fingerprint density at radius 3 is 2.61 bits per heavy atom. The van der Waals surface area contributed by atoms with Gasteiger partial charge in [0.1, 0.15) is 17.5 Å². The van der Waals surface area contributed by atoms with E-state index in [-0.39, 0.29) is 24.2 Å². The number of carbonyl (C=O) groups excluding carboxylic acids is 3. The molecular formula is C35H37N5O5S. The molecule has 1 aliphatic heterocycles. The van der Waals surface area contributed by atoms with E-state index in [1.165, 1.54) is 11.3 Å². The van der Waals surface area contributed by atoms with Crippen molar-refractivity contribution in [2.45, 2.75) is 37.5 Å². The lowest BCUT2D eigenvalue weighted by Crippen LogP contribution is -2.53. The Bertz CT molecular complexity index is 1800. The van der Waals surface area contributed by atoms with Crippen LogP contribution in [0.3, 0.4) is 0 Å². The number of Topliss-reactive ketones (excluding diaryl/α,β-unsaturated/α-hetero) is 1. The number of benzene rings is 3. The number of nitrogens with zero attached hydrogens (tertiary/aromatic N) is 1. The Balaban J connectivity index is 1.28. The number of thiazole rings is 1. The molecule has 46 heavy (non-hydrogen) atoms. The first-order chi connectivity index (χ1) is 22.4. The Morgan fingerprint density at radius 2 is 1.83 bits per heavy atom. The van der Waals surface area contributed by atoms with Crippen molar-refractivity contribution in [3.8, 4) is 5.75 Å². The summed E-state index contributed by atoms with van der Waals surface area (Å²) in [6.45, 7) is 1.23. The summed E-state index contributed by atoms with van der Waals surface area (Å²) in [5, 5.41) is 10.2. The van der Waals surface area contributed by atoms with E-state index >= 15 is 0 Å². The van der Waals surface area contributed by atoms with E-state index in [1.54, 1.807) is 13.2 Å². The van der Waals surface area contributed by atoms with Crippen molar-refractivity contribution in [3.05, 3.63) is 95.1 Å². The third kappa shape index (κ3) is 6.96. The van der Waals surface area contributed by atoms with Crippen LogP contribution in [0.2, 0.25) is 0 Å². The number of carbonyl (C=O) groups is 3. The minimum atomic E-state index is -0.957. The molecule has 1 saturated heterocycles. The van der Waals surface area contributed by atoms with Crippen molar-refractivity contribution in [2.75, 3.05) is 27.3 Å². The summed E-state index contributed by atoms with van der Waals surface area (Å²) in [5.41, 5.74) is 2.64. The number of H-pyrrole nitrogens is 1. The van der Waals surface area contributed by atoms with Gasteiger partial charge in [0.15, 0.2) is 5.01 Å². The van der Waals surface area contributed by atoms with Crippen LogP contribution >= 0.6 is 11.3 Å². The number of aromatic nitrogens is 2. The fourth-order valence-electron chi connectivity index (χ4n) is 6.05. The maximum atomic E-state index is 14.1. The molecular weight excluding hydrogens is 602 g/mol. The van der Waals surface area contributed by atoms with Gasteiger partial charge in [-0.1, -0.05) is 48.5 Å². The number of nitrogens with one attached hydrogen (secondary N) is 4. The molecule has 238 valence electrons.